The fraction of sp³-hybridized carbons (Fsp3) is 0.208. The molecule has 4 heteroatoms. The van der Waals surface area contributed by atoms with Crippen LogP contribution in [0, 0.1) is 0 Å². The molecule has 142 valence electrons. The summed E-state index contributed by atoms with van der Waals surface area (Å²) < 4.78 is 0. The quantitative estimate of drug-likeness (QED) is 0.637. The predicted octanol–water partition coefficient (Wildman–Crippen LogP) is 4.82. The van der Waals surface area contributed by atoms with Gasteiger partial charge in [-0.3, -0.25) is 4.79 Å². The Morgan fingerprint density at radius 3 is 1.86 bits per heavy atom. The van der Waals surface area contributed by atoms with Crippen LogP contribution in [-0.4, -0.2) is 37.0 Å². The molecule has 1 aliphatic rings. The first-order valence-electron chi connectivity index (χ1n) is 9.61. The summed E-state index contributed by atoms with van der Waals surface area (Å²) in [5, 5.41) is 0.740. The lowest BCUT2D eigenvalue weighted by Crippen LogP contribution is -2.50. The van der Waals surface area contributed by atoms with E-state index in [0.717, 1.165) is 34.9 Å². The van der Waals surface area contributed by atoms with E-state index in [1.54, 1.807) is 0 Å². The molecule has 3 aromatic carbocycles. The maximum atomic E-state index is 13.5. The van der Waals surface area contributed by atoms with Gasteiger partial charge < -0.3 is 9.80 Å². The van der Waals surface area contributed by atoms with Crippen molar-refractivity contribution in [2.45, 2.75) is 5.92 Å². The molecule has 1 saturated heterocycles. The molecule has 1 amide bonds. The third-order valence-electron chi connectivity index (χ3n) is 5.28. The topological polar surface area (TPSA) is 23.6 Å². The van der Waals surface area contributed by atoms with Crippen LogP contribution < -0.4 is 4.90 Å². The van der Waals surface area contributed by atoms with Gasteiger partial charge in [0.05, 0.1) is 5.92 Å². The second-order valence-electron chi connectivity index (χ2n) is 7.05. The fourth-order valence-electron chi connectivity index (χ4n) is 3.81. The zero-order valence-corrected chi connectivity index (χ0v) is 16.4. The molecule has 0 radical (unpaired) electrons. The summed E-state index contributed by atoms with van der Waals surface area (Å²) in [4.78, 5) is 17.8. The van der Waals surface area contributed by atoms with Gasteiger partial charge in [-0.1, -0.05) is 78.3 Å². The Balaban J connectivity index is 1.52. The summed E-state index contributed by atoms with van der Waals surface area (Å²) in [5.74, 6) is -0.0942. The van der Waals surface area contributed by atoms with Crippen LogP contribution in [0.5, 0.6) is 0 Å². The van der Waals surface area contributed by atoms with E-state index in [1.807, 2.05) is 83.8 Å². The second-order valence-corrected chi connectivity index (χ2v) is 7.48. The number of carbonyl (C=O) groups excluding carboxylic acids is 1. The highest BCUT2D eigenvalue weighted by Gasteiger charge is 2.29. The van der Waals surface area contributed by atoms with Crippen LogP contribution in [0.25, 0.3) is 0 Å². The number of anilines is 1. The normalized spacial score (nSPS) is 14.4. The summed E-state index contributed by atoms with van der Waals surface area (Å²) in [6, 6.07) is 28.0. The highest BCUT2D eigenvalue weighted by atomic mass is 35.5. The van der Waals surface area contributed by atoms with Crippen LogP contribution in [-0.2, 0) is 4.79 Å². The Bertz CT molecular complexity index is 882. The average Bonchev–Trinajstić information content (AvgIpc) is 2.75. The van der Waals surface area contributed by atoms with Crippen LogP contribution in [0.3, 0.4) is 0 Å². The fourth-order valence-corrected chi connectivity index (χ4v) is 3.99. The van der Waals surface area contributed by atoms with Gasteiger partial charge in [0.15, 0.2) is 0 Å². The number of hydrogen-bond donors (Lipinski definition) is 0. The number of piperazine rings is 1. The summed E-state index contributed by atoms with van der Waals surface area (Å²) in [6.45, 7) is 3.04. The van der Waals surface area contributed by atoms with E-state index in [1.165, 1.54) is 0 Å². The lowest BCUT2D eigenvalue weighted by molar-refractivity contribution is -0.132. The molecule has 1 aliphatic heterocycles. The molecule has 4 rings (SSSR count). The monoisotopic (exact) mass is 390 g/mol. The zero-order valence-electron chi connectivity index (χ0n) is 15.7. The van der Waals surface area contributed by atoms with Crippen molar-refractivity contribution in [1.29, 1.82) is 0 Å². The maximum Gasteiger partial charge on any atom is 0.234 e. The van der Waals surface area contributed by atoms with Crippen molar-refractivity contribution in [3.8, 4) is 0 Å². The Hall–Kier alpha value is -2.78. The number of rotatable bonds is 4. The first-order chi connectivity index (χ1) is 13.7. The third kappa shape index (κ3) is 4.05. The number of nitrogens with zero attached hydrogens (tertiary/aromatic N) is 2. The van der Waals surface area contributed by atoms with Crippen LogP contribution in [0.2, 0.25) is 5.02 Å². The van der Waals surface area contributed by atoms with E-state index >= 15 is 0 Å². The molecule has 0 N–H and O–H groups in total. The van der Waals surface area contributed by atoms with Crippen molar-refractivity contribution < 1.29 is 4.79 Å². The molecular formula is C24H23ClN2O. The van der Waals surface area contributed by atoms with Gasteiger partial charge >= 0.3 is 0 Å². The van der Waals surface area contributed by atoms with E-state index in [-0.39, 0.29) is 11.8 Å². The first kappa shape index (κ1) is 18.6. The van der Waals surface area contributed by atoms with Crippen LogP contribution in [0.15, 0.2) is 84.9 Å². The minimum absolute atomic E-state index is 0.170. The number of hydrogen-bond acceptors (Lipinski definition) is 2. The van der Waals surface area contributed by atoms with E-state index in [4.69, 9.17) is 11.6 Å². The standard InChI is InChI=1S/C24H23ClN2O/c25-21-12-7-13-22(18-21)26-14-16-27(17-15-26)24(28)23(19-8-3-1-4-9-19)20-10-5-2-6-11-20/h1-13,18,23H,14-17H2. The molecule has 3 nitrogen and oxygen atoms in total. The molecule has 3 aromatic rings. The minimum atomic E-state index is -0.264. The zero-order chi connectivity index (χ0) is 19.3. The molecule has 0 bridgehead atoms. The van der Waals surface area contributed by atoms with Crippen LogP contribution in [0.4, 0.5) is 5.69 Å². The van der Waals surface area contributed by atoms with E-state index in [9.17, 15) is 4.79 Å². The molecular weight excluding hydrogens is 368 g/mol. The summed E-state index contributed by atoms with van der Waals surface area (Å²) >= 11 is 6.13. The molecule has 0 spiro atoms. The molecule has 0 aromatic heterocycles. The van der Waals surface area contributed by atoms with Gasteiger partial charge in [-0.25, -0.2) is 0 Å². The SMILES string of the molecule is O=C(C(c1ccccc1)c1ccccc1)N1CCN(c2cccc(Cl)c2)CC1. The van der Waals surface area contributed by atoms with Gasteiger partial charge in [0.2, 0.25) is 5.91 Å². The number of halogens is 1. The van der Waals surface area contributed by atoms with Crippen molar-refractivity contribution in [1.82, 2.24) is 4.90 Å². The Labute approximate surface area is 171 Å². The highest BCUT2D eigenvalue weighted by Crippen LogP contribution is 2.28. The summed E-state index contributed by atoms with van der Waals surface area (Å²) in [5.41, 5.74) is 3.19. The lowest BCUT2D eigenvalue weighted by atomic mass is 9.90. The van der Waals surface area contributed by atoms with Gasteiger partial charge in [0.25, 0.3) is 0 Å². The van der Waals surface area contributed by atoms with Crippen LogP contribution >= 0.6 is 11.6 Å². The molecule has 0 atom stereocenters. The maximum absolute atomic E-state index is 13.5. The number of benzene rings is 3. The van der Waals surface area contributed by atoms with E-state index in [2.05, 4.69) is 11.0 Å². The average molecular weight is 391 g/mol. The molecule has 1 fully saturated rings. The van der Waals surface area contributed by atoms with Crippen molar-refractivity contribution in [2.75, 3.05) is 31.1 Å². The highest BCUT2D eigenvalue weighted by molar-refractivity contribution is 6.30. The van der Waals surface area contributed by atoms with Crippen LogP contribution in [0.1, 0.15) is 17.0 Å². The Morgan fingerprint density at radius 1 is 0.750 bits per heavy atom. The summed E-state index contributed by atoms with van der Waals surface area (Å²) in [6.07, 6.45) is 0. The predicted molar refractivity (Wildman–Crippen MR) is 115 cm³/mol. The summed E-state index contributed by atoms with van der Waals surface area (Å²) in [7, 11) is 0. The van der Waals surface area contributed by atoms with Crippen molar-refractivity contribution in [3.05, 3.63) is 101 Å². The molecule has 28 heavy (non-hydrogen) atoms. The molecule has 1 heterocycles. The second kappa shape index (κ2) is 8.49. The molecule has 0 aliphatic carbocycles. The van der Waals surface area contributed by atoms with E-state index < -0.39 is 0 Å². The largest absolute Gasteiger partial charge is 0.368 e. The Kier molecular flexibility index (Phi) is 5.63. The van der Waals surface area contributed by atoms with Gasteiger partial charge in [0, 0.05) is 36.9 Å². The minimum Gasteiger partial charge on any atom is -0.368 e. The van der Waals surface area contributed by atoms with Gasteiger partial charge in [-0.05, 0) is 29.3 Å². The van der Waals surface area contributed by atoms with Crippen molar-refractivity contribution in [3.63, 3.8) is 0 Å². The van der Waals surface area contributed by atoms with E-state index in [0.29, 0.717) is 13.1 Å². The number of carbonyl (C=O) groups is 1. The van der Waals surface area contributed by atoms with Crippen molar-refractivity contribution >= 4 is 23.2 Å². The number of amides is 1. The van der Waals surface area contributed by atoms with Crippen molar-refractivity contribution in [2.24, 2.45) is 0 Å². The molecule has 0 unspecified atom stereocenters. The van der Waals surface area contributed by atoms with Gasteiger partial charge in [0.1, 0.15) is 0 Å². The van der Waals surface area contributed by atoms with Gasteiger partial charge in [-0.2, -0.15) is 0 Å². The molecule has 0 saturated carbocycles. The lowest BCUT2D eigenvalue weighted by Gasteiger charge is -2.37. The Morgan fingerprint density at radius 2 is 1.32 bits per heavy atom. The third-order valence-corrected chi connectivity index (χ3v) is 5.51. The smallest absolute Gasteiger partial charge is 0.234 e. The first-order valence-corrected chi connectivity index (χ1v) is 9.99. The van der Waals surface area contributed by atoms with Gasteiger partial charge in [-0.15, -0.1) is 0 Å².